The Bertz CT molecular complexity index is 756. The van der Waals surface area contributed by atoms with E-state index in [2.05, 4.69) is 26.3 Å². The van der Waals surface area contributed by atoms with E-state index in [0.29, 0.717) is 11.4 Å². The number of benzene rings is 1. The van der Waals surface area contributed by atoms with Crippen molar-refractivity contribution in [2.75, 3.05) is 17.2 Å². The third-order valence-corrected chi connectivity index (χ3v) is 2.87. The van der Waals surface area contributed by atoms with Gasteiger partial charge in [0, 0.05) is 31.4 Å². The number of nitrogens with one attached hydrogen (secondary N) is 3. The minimum Gasteiger partial charge on any atom is -0.370 e. The molecular weight excluding hydrogens is 314 g/mol. The summed E-state index contributed by atoms with van der Waals surface area (Å²) >= 11 is 0. The molecular formula is C14H17N7O3. The first-order chi connectivity index (χ1) is 11.4. The zero-order valence-corrected chi connectivity index (χ0v) is 12.9. The smallest absolute Gasteiger partial charge is 0.319 e. The third-order valence-electron chi connectivity index (χ3n) is 2.87. The van der Waals surface area contributed by atoms with E-state index in [1.165, 1.54) is 10.9 Å². The number of carbonyl (C=O) groups is 3. The molecule has 24 heavy (non-hydrogen) atoms. The van der Waals surface area contributed by atoms with Crippen LogP contribution >= 0.6 is 0 Å². The fraction of sp³-hybridized carbons (Fsp3) is 0.214. The van der Waals surface area contributed by atoms with Gasteiger partial charge in [-0.15, -0.1) is 5.10 Å². The van der Waals surface area contributed by atoms with E-state index < -0.39 is 17.8 Å². The van der Waals surface area contributed by atoms with Crippen LogP contribution in [-0.2, 0) is 11.8 Å². The van der Waals surface area contributed by atoms with Crippen LogP contribution in [0.25, 0.3) is 0 Å². The average molecular weight is 331 g/mol. The maximum atomic E-state index is 12.0. The number of rotatable bonds is 6. The molecule has 0 saturated carbocycles. The van der Waals surface area contributed by atoms with E-state index in [1.807, 2.05) is 0 Å². The number of aryl methyl sites for hydroxylation is 1. The van der Waals surface area contributed by atoms with Crippen LogP contribution in [0.1, 0.15) is 16.9 Å². The molecule has 0 atom stereocenters. The first-order valence-corrected chi connectivity index (χ1v) is 7.05. The van der Waals surface area contributed by atoms with Gasteiger partial charge < -0.3 is 21.7 Å². The van der Waals surface area contributed by atoms with Crippen molar-refractivity contribution in [1.29, 1.82) is 0 Å². The summed E-state index contributed by atoms with van der Waals surface area (Å²) in [6, 6.07) is 6.11. The molecule has 2 aromatic rings. The molecule has 0 aliphatic heterocycles. The van der Waals surface area contributed by atoms with E-state index in [-0.39, 0.29) is 18.7 Å². The van der Waals surface area contributed by atoms with Crippen LogP contribution in [0.15, 0.2) is 30.5 Å². The lowest BCUT2D eigenvalue weighted by atomic mass is 10.2. The summed E-state index contributed by atoms with van der Waals surface area (Å²) in [5.41, 5.74) is 6.13. The van der Waals surface area contributed by atoms with Gasteiger partial charge >= 0.3 is 6.03 Å². The third kappa shape index (κ3) is 5.09. The van der Waals surface area contributed by atoms with Gasteiger partial charge in [-0.3, -0.25) is 14.3 Å². The second-order valence-corrected chi connectivity index (χ2v) is 4.91. The van der Waals surface area contributed by atoms with Crippen LogP contribution < -0.4 is 21.7 Å². The first kappa shape index (κ1) is 16.9. The van der Waals surface area contributed by atoms with Gasteiger partial charge in [0.2, 0.25) is 5.91 Å². The molecule has 5 N–H and O–H groups in total. The number of nitrogens with zero attached hydrogens (tertiary/aromatic N) is 3. The summed E-state index contributed by atoms with van der Waals surface area (Å²) in [5.74, 6) is -0.907. The number of anilines is 2. The summed E-state index contributed by atoms with van der Waals surface area (Å²) in [6.45, 7) is 0.143. The van der Waals surface area contributed by atoms with Gasteiger partial charge in [0.1, 0.15) is 0 Å². The summed E-state index contributed by atoms with van der Waals surface area (Å²) in [4.78, 5) is 34.3. The number of amides is 4. The molecule has 0 saturated heterocycles. The number of urea groups is 1. The molecule has 1 aromatic heterocycles. The zero-order chi connectivity index (χ0) is 17.5. The summed E-state index contributed by atoms with van der Waals surface area (Å²) < 4.78 is 1.42. The van der Waals surface area contributed by atoms with Crippen molar-refractivity contribution < 1.29 is 14.4 Å². The van der Waals surface area contributed by atoms with Crippen LogP contribution in [0.4, 0.5) is 16.2 Å². The van der Waals surface area contributed by atoms with Gasteiger partial charge in [-0.1, -0.05) is 11.3 Å². The predicted molar refractivity (Wildman–Crippen MR) is 86.2 cm³/mol. The highest BCUT2D eigenvalue weighted by Gasteiger charge is 2.10. The van der Waals surface area contributed by atoms with Gasteiger partial charge in [0.05, 0.1) is 6.20 Å². The molecule has 0 bridgehead atoms. The standard InChI is InChI=1S/C14H17N7O3/c1-21-8-11(19-20-21)13(23)17-9-3-2-4-10(7-9)18-14(24)16-6-5-12(15)22/h2-4,7-8H,5-6H2,1H3,(H2,15,22)(H,17,23)(H2,16,18,24). The highest BCUT2D eigenvalue weighted by Crippen LogP contribution is 2.15. The van der Waals surface area contributed by atoms with E-state index in [9.17, 15) is 14.4 Å². The highest BCUT2D eigenvalue weighted by molar-refractivity contribution is 6.03. The molecule has 0 spiro atoms. The number of aromatic nitrogens is 3. The fourth-order valence-electron chi connectivity index (χ4n) is 1.80. The maximum absolute atomic E-state index is 12.0. The van der Waals surface area contributed by atoms with Crippen LogP contribution in [0.2, 0.25) is 0 Å². The van der Waals surface area contributed by atoms with Gasteiger partial charge in [-0.2, -0.15) is 0 Å². The normalized spacial score (nSPS) is 10.0. The Morgan fingerprint density at radius 3 is 2.54 bits per heavy atom. The van der Waals surface area contributed by atoms with Crippen LogP contribution in [0, 0.1) is 0 Å². The number of carbonyl (C=O) groups excluding carboxylic acids is 3. The quantitative estimate of drug-likeness (QED) is 0.592. The lowest BCUT2D eigenvalue weighted by Gasteiger charge is -2.09. The molecule has 4 amide bonds. The first-order valence-electron chi connectivity index (χ1n) is 7.05. The van der Waals surface area contributed by atoms with Crippen molar-refractivity contribution in [1.82, 2.24) is 20.3 Å². The molecule has 0 radical (unpaired) electrons. The molecule has 126 valence electrons. The van der Waals surface area contributed by atoms with E-state index in [4.69, 9.17) is 5.73 Å². The summed E-state index contributed by atoms with van der Waals surface area (Å²) in [6.07, 6.45) is 1.55. The minimum atomic E-state index is -0.496. The molecule has 0 fully saturated rings. The van der Waals surface area contributed by atoms with Crippen molar-refractivity contribution in [3.05, 3.63) is 36.2 Å². The van der Waals surface area contributed by atoms with Gasteiger partial charge in [-0.25, -0.2) is 4.79 Å². The Balaban J connectivity index is 1.92. The highest BCUT2D eigenvalue weighted by atomic mass is 16.2. The molecule has 10 nitrogen and oxygen atoms in total. The lowest BCUT2D eigenvalue weighted by Crippen LogP contribution is -2.31. The topological polar surface area (TPSA) is 144 Å². The van der Waals surface area contributed by atoms with E-state index in [1.54, 1.807) is 31.3 Å². The Labute approximate surface area is 137 Å². The van der Waals surface area contributed by atoms with Crippen molar-refractivity contribution >= 4 is 29.2 Å². The Hall–Kier alpha value is -3.43. The molecule has 2 rings (SSSR count). The molecule has 0 unspecified atom stereocenters. The minimum absolute atomic E-state index is 0.0572. The summed E-state index contributed by atoms with van der Waals surface area (Å²) in [7, 11) is 1.66. The van der Waals surface area contributed by atoms with E-state index in [0.717, 1.165) is 0 Å². The number of nitrogens with two attached hydrogens (primary N) is 1. The maximum Gasteiger partial charge on any atom is 0.319 e. The second-order valence-electron chi connectivity index (χ2n) is 4.91. The largest absolute Gasteiger partial charge is 0.370 e. The molecule has 1 aromatic carbocycles. The van der Waals surface area contributed by atoms with E-state index >= 15 is 0 Å². The fourth-order valence-corrected chi connectivity index (χ4v) is 1.80. The number of hydrogen-bond donors (Lipinski definition) is 4. The average Bonchev–Trinajstić information content (AvgIpc) is 2.94. The number of primary amides is 1. The molecule has 0 aliphatic carbocycles. The Morgan fingerprint density at radius 2 is 1.92 bits per heavy atom. The van der Waals surface area contributed by atoms with Crippen molar-refractivity contribution in [3.8, 4) is 0 Å². The van der Waals surface area contributed by atoms with Crippen LogP contribution in [0.5, 0.6) is 0 Å². The zero-order valence-electron chi connectivity index (χ0n) is 12.9. The van der Waals surface area contributed by atoms with Crippen LogP contribution in [-0.4, -0.2) is 39.4 Å². The van der Waals surface area contributed by atoms with Crippen LogP contribution in [0.3, 0.4) is 0 Å². The number of hydrogen-bond acceptors (Lipinski definition) is 5. The predicted octanol–water partition coefficient (Wildman–Crippen LogP) is 0.0643. The van der Waals surface area contributed by atoms with Crippen molar-refractivity contribution in [3.63, 3.8) is 0 Å². The molecule has 1 heterocycles. The van der Waals surface area contributed by atoms with Crippen molar-refractivity contribution in [2.45, 2.75) is 6.42 Å². The lowest BCUT2D eigenvalue weighted by molar-refractivity contribution is -0.117. The monoisotopic (exact) mass is 331 g/mol. The molecule has 0 aliphatic rings. The SMILES string of the molecule is Cn1cc(C(=O)Nc2cccc(NC(=O)NCCC(N)=O)c2)nn1. The van der Waals surface area contributed by atoms with Crippen molar-refractivity contribution in [2.24, 2.45) is 12.8 Å². The second kappa shape index (κ2) is 7.72. The molecule has 10 heteroatoms. The Morgan fingerprint density at radius 1 is 1.21 bits per heavy atom. The summed E-state index contributed by atoms with van der Waals surface area (Å²) in [5, 5.41) is 15.1. The van der Waals surface area contributed by atoms with Gasteiger partial charge in [0.25, 0.3) is 5.91 Å². The van der Waals surface area contributed by atoms with Gasteiger partial charge in [0.15, 0.2) is 5.69 Å². The van der Waals surface area contributed by atoms with Gasteiger partial charge in [-0.05, 0) is 18.2 Å². The Kier molecular flexibility index (Phi) is 5.45.